The summed E-state index contributed by atoms with van der Waals surface area (Å²) in [7, 11) is 1.59. The second-order valence-electron chi connectivity index (χ2n) is 11.3. The SMILES string of the molecule is CNC(=O)c1ccccc1Sc1ccc2c(/C=C/c3ccccn3)nn(C(=O)[C@@H](CC(=O)OC(C)(C)C)Cc3cnc[nH]3)c2c1. The molecule has 2 aromatic carbocycles. The number of aromatic nitrogens is 5. The maximum atomic E-state index is 14.3. The molecular weight excluding hydrogens is 588 g/mol. The van der Waals surface area contributed by atoms with Crippen LogP contribution in [0.5, 0.6) is 0 Å². The van der Waals surface area contributed by atoms with Crippen molar-refractivity contribution in [2.75, 3.05) is 7.05 Å². The van der Waals surface area contributed by atoms with Crippen molar-refractivity contribution in [2.45, 2.75) is 49.0 Å². The van der Waals surface area contributed by atoms with Crippen molar-refractivity contribution in [2.24, 2.45) is 5.92 Å². The molecule has 0 aliphatic rings. The number of carbonyl (C=O) groups is 3. The molecule has 0 spiro atoms. The first-order valence-electron chi connectivity index (χ1n) is 14.5. The third-order valence-corrected chi connectivity index (χ3v) is 7.85. The molecule has 0 bridgehead atoms. The summed E-state index contributed by atoms with van der Waals surface area (Å²) in [6.07, 6.45) is 8.64. The molecule has 3 heterocycles. The van der Waals surface area contributed by atoms with Crippen molar-refractivity contribution in [3.8, 4) is 0 Å². The number of fused-ring (bicyclic) bond motifs is 1. The summed E-state index contributed by atoms with van der Waals surface area (Å²) in [4.78, 5) is 52.8. The van der Waals surface area contributed by atoms with Crippen molar-refractivity contribution in [3.63, 3.8) is 0 Å². The summed E-state index contributed by atoms with van der Waals surface area (Å²) in [5, 5.41) is 8.18. The molecule has 2 N–H and O–H groups in total. The van der Waals surface area contributed by atoms with Crippen molar-refractivity contribution in [1.29, 1.82) is 0 Å². The molecule has 11 heteroatoms. The van der Waals surface area contributed by atoms with Gasteiger partial charge in [-0.05, 0) is 75.4 Å². The first kappa shape index (κ1) is 31.4. The molecule has 45 heavy (non-hydrogen) atoms. The van der Waals surface area contributed by atoms with E-state index in [-0.39, 0.29) is 24.7 Å². The van der Waals surface area contributed by atoms with Gasteiger partial charge in [0.1, 0.15) is 5.60 Å². The fourth-order valence-corrected chi connectivity index (χ4v) is 5.76. The van der Waals surface area contributed by atoms with E-state index in [2.05, 4.69) is 20.3 Å². The molecule has 0 saturated carbocycles. The predicted octanol–water partition coefficient (Wildman–Crippen LogP) is 6.07. The number of imidazole rings is 1. The van der Waals surface area contributed by atoms with Crippen molar-refractivity contribution >= 4 is 52.6 Å². The highest BCUT2D eigenvalue weighted by molar-refractivity contribution is 7.99. The van der Waals surface area contributed by atoms with E-state index in [9.17, 15) is 14.4 Å². The number of benzene rings is 2. The Morgan fingerprint density at radius 3 is 2.58 bits per heavy atom. The van der Waals surface area contributed by atoms with Crippen molar-refractivity contribution in [1.82, 2.24) is 30.0 Å². The summed E-state index contributed by atoms with van der Waals surface area (Å²) in [6, 6.07) is 18.7. The van der Waals surface area contributed by atoms with Gasteiger partial charge < -0.3 is 15.0 Å². The van der Waals surface area contributed by atoms with Crippen LogP contribution in [-0.4, -0.2) is 55.2 Å². The monoisotopic (exact) mass is 622 g/mol. The van der Waals surface area contributed by atoms with Gasteiger partial charge in [0.25, 0.3) is 11.8 Å². The first-order valence-corrected chi connectivity index (χ1v) is 15.3. The Bertz CT molecular complexity index is 1840. The lowest BCUT2D eigenvalue weighted by Crippen LogP contribution is -2.31. The van der Waals surface area contributed by atoms with Crippen LogP contribution in [0.4, 0.5) is 0 Å². The van der Waals surface area contributed by atoms with Crippen LogP contribution in [0, 0.1) is 5.92 Å². The quantitative estimate of drug-likeness (QED) is 0.180. The number of pyridine rings is 1. The summed E-state index contributed by atoms with van der Waals surface area (Å²) in [6.45, 7) is 5.37. The number of amides is 1. The van der Waals surface area contributed by atoms with E-state index in [0.29, 0.717) is 22.5 Å². The lowest BCUT2D eigenvalue weighted by Gasteiger charge is -2.21. The minimum atomic E-state index is -0.777. The van der Waals surface area contributed by atoms with E-state index in [1.54, 1.807) is 46.3 Å². The molecule has 0 aliphatic heterocycles. The number of ether oxygens (including phenoxy) is 1. The summed E-state index contributed by atoms with van der Waals surface area (Å²) in [5.74, 6) is -1.80. The van der Waals surface area contributed by atoms with Crippen LogP contribution < -0.4 is 5.32 Å². The molecule has 10 nitrogen and oxygen atoms in total. The van der Waals surface area contributed by atoms with Gasteiger partial charge in [0.05, 0.1) is 41.1 Å². The highest BCUT2D eigenvalue weighted by Gasteiger charge is 2.29. The normalized spacial score (nSPS) is 12.4. The topological polar surface area (TPSA) is 132 Å². The average Bonchev–Trinajstić information content (AvgIpc) is 3.66. The lowest BCUT2D eigenvalue weighted by molar-refractivity contribution is -0.155. The van der Waals surface area contributed by atoms with E-state index in [1.165, 1.54) is 22.8 Å². The minimum absolute atomic E-state index is 0.135. The third-order valence-electron chi connectivity index (χ3n) is 6.78. The second-order valence-corrected chi connectivity index (χ2v) is 12.5. The zero-order valence-corrected chi connectivity index (χ0v) is 26.3. The maximum absolute atomic E-state index is 14.3. The summed E-state index contributed by atoms with van der Waals surface area (Å²) >= 11 is 1.41. The maximum Gasteiger partial charge on any atom is 0.307 e. The second kappa shape index (κ2) is 13.7. The smallest absolute Gasteiger partial charge is 0.307 e. The molecule has 0 saturated heterocycles. The number of hydrogen-bond donors (Lipinski definition) is 2. The van der Waals surface area contributed by atoms with E-state index >= 15 is 0 Å². The van der Waals surface area contributed by atoms with Crippen LogP contribution in [0.2, 0.25) is 0 Å². The van der Waals surface area contributed by atoms with Crippen LogP contribution in [0.25, 0.3) is 23.1 Å². The van der Waals surface area contributed by atoms with Crippen LogP contribution >= 0.6 is 11.8 Å². The fraction of sp³-hybridized carbons (Fsp3) is 0.235. The molecule has 0 aliphatic carbocycles. The van der Waals surface area contributed by atoms with E-state index in [0.717, 1.165) is 20.9 Å². The van der Waals surface area contributed by atoms with Crippen LogP contribution in [-0.2, 0) is 16.0 Å². The highest BCUT2D eigenvalue weighted by atomic mass is 32.2. The van der Waals surface area contributed by atoms with Gasteiger partial charge in [-0.3, -0.25) is 19.4 Å². The molecule has 5 aromatic rings. The number of nitrogens with zero attached hydrogens (tertiary/aromatic N) is 4. The Hall–Kier alpha value is -5.03. The number of rotatable bonds is 10. The average molecular weight is 623 g/mol. The zero-order chi connectivity index (χ0) is 32.0. The lowest BCUT2D eigenvalue weighted by atomic mass is 9.98. The Morgan fingerprint density at radius 1 is 1.07 bits per heavy atom. The zero-order valence-electron chi connectivity index (χ0n) is 25.5. The third kappa shape index (κ3) is 7.93. The molecule has 0 radical (unpaired) electrons. The highest BCUT2D eigenvalue weighted by Crippen LogP contribution is 2.34. The minimum Gasteiger partial charge on any atom is -0.460 e. The Balaban J connectivity index is 1.57. The number of hydrogen-bond acceptors (Lipinski definition) is 8. The van der Waals surface area contributed by atoms with Gasteiger partial charge in [0.2, 0.25) is 0 Å². The molecule has 0 unspecified atom stereocenters. The van der Waals surface area contributed by atoms with Crippen LogP contribution in [0.3, 0.4) is 0 Å². The van der Waals surface area contributed by atoms with Gasteiger partial charge in [0, 0.05) is 46.7 Å². The van der Waals surface area contributed by atoms with Gasteiger partial charge in [-0.2, -0.15) is 9.78 Å². The van der Waals surface area contributed by atoms with Crippen LogP contribution in [0.15, 0.2) is 89.2 Å². The molecule has 3 aromatic heterocycles. The molecule has 1 amide bonds. The number of aromatic amines is 1. The Kier molecular flexibility index (Phi) is 9.58. The Labute approximate surface area is 265 Å². The van der Waals surface area contributed by atoms with E-state index < -0.39 is 17.5 Å². The fourth-order valence-electron chi connectivity index (χ4n) is 4.78. The molecular formula is C34H34N6O4S. The Morgan fingerprint density at radius 2 is 1.87 bits per heavy atom. The molecule has 230 valence electrons. The largest absolute Gasteiger partial charge is 0.460 e. The first-order chi connectivity index (χ1) is 21.6. The van der Waals surface area contributed by atoms with E-state index in [4.69, 9.17) is 9.84 Å². The number of H-pyrrole nitrogens is 1. The predicted molar refractivity (Wildman–Crippen MR) is 174 cm³/mol. The van der Waals surface area contributed by atoms with Crippen LogP contribution in [0.1, 0.15) is 59.4 Å². The van der Waals surface area contributed by atoms with Crippen molar-refractivity contribution in [3.05, 3.63) is 102 Å². The van der Waals surface area contributed by atoms with Gasteiger partial charge in [-0.1, -0.05) is 30.0 Å². The number of carbonyl (C=O) groups excluding carboxylic acids is 3. The standard InChI is InChI=1S/C34H34N6O4S/c1-34(2,3)44-31(41)18-22(17-24-20-36-21-38-24)33(43)40-29-19-25(45-30-11-6-5-10-27(30)32(42)35-4)13-14-26(29)28(39-40)15-12-23-9-7-8-16-37-23/h5-16,19-22H,17-18H2,1-4H3,(H,35,42)(H,36,38)/b15-12+/t22-/m1/s1. The summed E-state index contributed by atoms with van der Waals surface area (Å²) in [5.41, 5.74) is 2.45. The van der Waals surface area contributed by atoms with Gasteiger partial charge in [0.15, 0.2) is 0 Å². The van der Waals surface area contributed by atoms with Gasteiger partial charge in [-0.15, -0.1) is 0 Å². The summed E-state index contributed by atoms with van der Waals surface area (Å²) < 4.78 is 6.95. The van der Waals surface area contributed by atoms with Crippen molar-refractivity contribution < 1.29 is 19.1 Å². The molecule has 1 atom stereocenters. The van der Waals surface area contributed by atoms with E-state index in [1.807, 2.05) is 66.7 Å². The molecule has 5 rings (SSSR count). The number of esters is 1. The van der Waals surface area contributed by atoms with Gasteiger partial charge >= 0.3 is 5.97 Å². The number of nitrogens with one attached hydrogen (secondary N) is 2. The molecule has 0 fully saturated rings. The van der Waals surface area contributed by atoms with Gasteiger partial charge in [-0.25, -0.2) is 4.98 Å².